The van der Waals surface area contributed by atoms with E-state index >= 15 is 0 Å². The van der Waals surface area contributed by atoms with Crippen molar-refractivity contribution in [3.05, 3.63) is 30.1 Å². The van der Waals surface area contributed by atoms with Crippen molar-refractivity contribution in [3.63, 3.8) is 0 Å². The Bertz CT molecular complexity index is 521. The van der Waals surface area contributed by atoms with E-state index < -0.39 is 15.7 Å². The molecule has 0 aromatic heterocycles. The smallest absolute Gasteiger partial charge is 0.178 e. The Morgan fingerprint density at radius 2 is 1.79 bits per heavy atom. The Hall–Kier alpha value is -0.460. The summed E-state index contributed by atoms with van der Waals surface area (Å²) in [6.07, 6.45) is 1.44. The fraction of sp³-hybridized carbons (Fsp3) is 0.538. The number of rotatable bonds is 4. The summed E-state index contributed by atoms with van der Waals surface area (Å²) >= 11 is 3.42. The van der Waals surface area contributed by atoms with Crippen LogP contribution in [0, 0.1) is 11.2 Å². The highest BCUT2D eigenvalue weighted by Gasteiger charge is 2.36. The predicted octanol–water partition coefficient (Wildman–Crippen LogP) is 2.79. The summed E-state index contributed by atoms with van der Waals surface area (Å²) in [6.45, 7) is 1.18. The summed E-state index contributed by atoms with van der Waals surface area (Å²) in [4.78, 5) is 0.181. The largest absolute Gasteiger partial charge is 0.381 e. The fourth-order valence-corrected chi connectivity index (χ4v) is 5.19. The van der Waals surface area contributed by atoms with Crippen LogP contribution in [0.3, 0.4) is 0 Å². The standard InChI is InChI=1S/C13H16BrFO3S/c14-9-13(5-7-18-8-6-13)10-19(16,17)12-3-1-11(15)2-4-12/h1-4H,5-10H2. The maximum Gasteiger partial charge on any atom is 0.178 e. The van der Waals surface area contributed by atoms with Crippen LogP contribution < -0.4 is 0 Å². The highest BCUT2D eigenvalue weighted by atomic mass is 79.9. The summed E-state index contributed by atoms with van der Waals surface area (Å²) in [6, 6.07) is 5.01. The second-order valence-electron chi connectivity index (χ2n) is 4.96. The number of halogens is 2. The van der Waals surface area contributed by atoms with Crippen LogP contribution in [0.2, 0.25) is 0 Å². The Morgan fingerprint density at radius 1 is 1.21 bits per heavy atom. The molecule has 0 amide bonds. The lowest BCUT2D eigenvalue weighted by Crippen LogP contribution is -2.37. The lowest BCUT2D eigenvalue weighted by Gasteiger charge is -2.35. The molecule has 1 saturated heterocycles. The van der Waals surface area contributed by atoms with Crippen LogP contribution in [0.4, 0.5) is 4.39 Å². The molecule has 1 aromatic carbocycles. The zero-order valence-electron chi connectivity index (χ0n) is 10.4. The van der Waals surface area contributed by atoms with E-state index in [1.165, 1.54) is 24.3 Å². The first-order chi connectivity index (χ1) is 8.97. The van der Waals surface area contributed by atoms with Gasteiger partial charge in [-0.2, -0.15) is 0 Å². The highest BCUT2D eigenvalue weighted by Crippen LogP contribution is 2.35. The first kappa shape index (κ1) is 14.9. The minimum atomic E-state index is -3.40. The number of ether oxygens (including phenoxy) is 1. The van der Waals surface area contributed by atoms with Crippen LogP contribution in [0.25, 0.3) is 0 Å². The third kappa shape index (κ3) is 3.55. The molecule has 0 atom stereocenters. The summed E-state index contributed by atoms with van der Waals surface area (Å²) < 4.78 is 42.9. The molecule has 1 aromatic rings. The van der Waals surface area contributed by atoms with E-state index in [-0.39, 0.29) is 16.1 Å². The topological polar surface area (TPSA) is 43.4 Å². The van der Waals surface area contributed by atoms with Crippen LogP contribution >= 0.6 is 15.9 Å². The molecule has 0 spiro atoms. The van der Waals surface area contributed by atoms with Gasteiger partial charge in [0.2, 0.25) is 0 Å². The van der Waals surface area contributed by atoms with Gasteiger partial charge in [0, 0.05) is 18.5 Å². The molecule has 2 rings (SSSR count). The van der Waals surface area contributed by atoms with Crippen LogP contribution in [0.5, 0.6) is 0 Å². The number of sulfone groups is 1. The number of alkyl halides is 1. The monoisotopic (exact) mass is 350 g/mol. The summed E-state index contributed by atoms with van der Waals surface area (Å²) in [5.74, 6) is -0.361. The Kier molecular flexibility index (Phi) is 4.63. The van der Waals surface area contributed by atoms with Crippen molar-refractivity contribution in [3.8, 4) is 0 Å². The molecule has 1 aliphatic heterocycles. The highest BCUT2D eigenvalue weighted by molar-refractivity contribution is 9.09. The molecule has 106 valence electrons. The molecule has 19 heavy (non-hydrogen) atoms. The normalized spacial score (nSPS) is 19.3. The fourth-order valence-electron chi connectivity index (χ4n) is 2.25. The SMILES string of the molecule is O=S(=O)(CC1(CBr)CCOCC1)c1ccc(F)cc1. The molecule has 0 N–H and O–H groups in total. The molecular weight excluding hydrogens is 335 g/mol. The van der Waals surface area contributed by atoms with Crippen molar-refractivity contribution in [2.45, 2.75) is 17.7 Å². The van der Waals surface area contributed by atoms with E-state index in [0.717, 1.165) is 12.8 Å². The third-order valence-electron chi connectivity index (χ3n) is 3.51. The van der Waals surface area contributed by atoms with Crippen molar-refractivity contribution in [1.82, 2.24) is 0 Å². The van der Waals surface area contributed by atoms with Gasteiger partial charge in [-0.05, 0) is 42.5 Å². The minimum Gasteiger partial charge on any atom is -0.381 e. The average molecular weight is 351 g/mol. The third-order valence-corrected chi connectivity index (χ3v) is 6.68. The van der Waals surface area contributed by atoms with Crippen molar-refractivity contribution in [2.75, 3.05) is 24.3 Å². The molecule has 1 aliphatic rings. The average Bonchev–Trinajstić information content (AvgIpc) is 2.40. The summed E-state index contributed by atoms with van der Waals surface area (Å²) in [5, 5.41) is 0.629. The molecule has 0 radical (unpaired) electrons. The van der Waals surface area contributed by atoms with Gasteiger partial charge in [0.15, 0.2) is 9.84 Å². The first-order valence-electron chi connectivity index (χ1n) is 6.10. The maximum atomic E-state index is 12.9. The van der Waals surface area contributed by atoms with Crippen LogP contribution in [-0.2, 0) is 14.6 Å². The lowest BCUT2D eigenvalue weighted by molar-refractivity contribution is 0.0367. The van der Waals surface area contributed by atoms with Crippen LogP contribution in [0.15, 0.2) is 29.2 Å². The first-order valence-corrected chi connectivity index (χ1v) is 8.87. The van der Waals surface area contributed by atoms with Crippen LogP contribution in [0.1, 0.15) is 12.8 Å². The van der Waals surface area contributed by atoms with Gasteiger partial charge in [-0.15, -0.1) is 0 Å². The van der Waals surface area contributed by atoms with Gasteiger partial charge in [-0.25, -0.2) is 12.8 Å². The van der Waals surface area contributed by atoms with Crippen molar-refractivity contribution in [1.29, 1.82) is 0 Å². The number of benzene rings is 1. The van der Waals surface area contributed by atoms with Crippen molar-refractivity contribution < 1.29 is 17.5 Å². The molecule has 0 bridgehead atoms. The second kappa shape index (κ2) is 5.89. The molecule has 0 aliphatic carbocycles. The molecule has 0 saturated carbocycles. The van der Waals surface area contributed by atoms with Gasteiger partial charge in [-0.1, -0.05) is 15.9 Å². The number of hydrogen-bond donors (Lipinski definition) is 0. The van der Waals surface area contributed by atoms with Gasteiger partial charge < -0.3 is 4.74 Å². The molecule has 0 unspecified atom stereocenters. The molecule has 1 fully saturated rings. The summed E-state index contributed by atoms with van der Waals surface area (Å²) in [5.41, 5.74) is -0.286. The van der Waals surface area contributed by atoms with E-state index in [9.17, 15) is 12.8 Å². The molecule has 3 nitrogen and oxygen atoms in total. The van der Waals surface area contributed by atoms with E-state index in [4.69, 9.17) is 4.74 Å². The molecule has 6 heteroatoms. The zero-order valence-corrected chi connectivity index (χ0v) is 12.8. The minimum absolute atomic E-state index is 0.0697. The lowest BCUT2D eigenvalue weighted by atomic mass is 9.85. The van der Waals surface area contributed by atoms with Gasteiger partial charge >= 0.3 is 0 Å². The van der Waals surface area contributed by atoms with E-state index in [2.05, 4.69) is 15.9 Å². The molecular formula is C13H16BrFO3S. The van der Waals surface area contributed by atoms with E-state index in [1.807, 2.05) is 0 Å². The maximum absolute atomic E-state index is 12.9. The number of hydrogen-bond acceptors (Lipinski definition) is 3. The quantitative estimate of drug-likeness (QED) is 0.619. The zero-order chi connectivity index (χ0) is 13.9. The van der Waals surface area contributed by atoms with Gasteiger partial charge in [0.05, 0.1) is 10.6 Å². The van der Waals surface area contributed by atoms with Gasteiger partial charge in [0.25, 0.3) is 0 Å². The van der Waals surface area contributed by atoms with E-state index in [1.54, 1.807) is 0 Å². The van der Waals surface area contributed by atoms with Crippen molar-refractivity contribution >= 4 is 25.8 Å². The van der Waals surface area contributed by atoms with Crippen LogP contribution in [-0.4, -0.2) is 32.7 Å². The summed E-state index contributed by atoms with van der Waals surface area (Å²) in [7, 11) is -3.40. The van der Waals surface area contributed by atoms with Gasteiger partial charge in [0.1, 0.15) is 5.82 Å². The molecule has 1 heterocycles. The Balaban J connectivity index is 2.22. The Labute approximate surface area is 121 Å². The second-order valence-corrected chi connectivity index (χ2v) is 7.51. The Morgan fingerprint density at radius 3 is 2.32 bits per heavy atom. The van der Waals surface area contributed by atoms with Crippen molar-refractivity contribution in [2.24, 2.45) is 5.41 Å². The van der Waals surface area contributed by atoms with Gasteiger partial charge in [-0.3, -0.25) is 0 Å². The van der Waals surface area contributed by atoms with E-state index in [0.29, 0.717) is 18.5 Å². The predicted molar refractivity (Wildman–Crippen MR) is 74.7 cm³/mol.